The first-order valence-corrected chi connectivity index (χ1v) is 7.04. The smallest absolute Gasteiger partial charge is 0.230 e. The van der Waals surface area contributed by atoms with Gasteiger partial charge in [-0.1, -0.05) is 26.1 Å². The SMILES string of the molecule is CC(C)C(C(=O)NCC(C)N(C)C1CC1)C(N)=S. The molecule has 0 aliphatic heterocycles. The van der Waals surface area contributed by atoms with Crippen LogP contribution in [0.15, 0.2) is 0 Å². The van der Waals surface area contributed by atoms with Gasteiger partial charge in [0.05, 0.1) is 10.9 Å². The van der Waals surface area contributed by atoms with Gasteiger partial charge in [0.15, 0.2) is 0 Å². The third kappa shape index (κ3) is 4.21. The highest BCUT2D eigenvalue weighted by molar-refractivity contribution is 7.80. The lowest BCUT2D eigenvalue weighted by Gasteiger charge is -2.26. The van der Waals surface area contributed by atoms with Gasteiger partial charge in [0.1, 0.15) is 0 Å². The second-order valence-corrected chi connectivity index (χ2v) is 6.09. The molecule has 5 heteroatoms. The number of carbonyl (C=O) groups excluding carboxylic acids is 1. The number of nitrogens with one attached hydrogen (secondary N) is 1. The van der Waals surface area contributed by atoms with E-state index < -0.39 is 0 Å². The van der Waals surface area contributed by atoms with Gasteiger partial charge in [-0.05, 0) is 32.7 Å². The molecule has 4 nitrogen and oxygen atoms in total. The Balaban J connectivity index is 2.41. The van der Waals surface area contributed by atoms with Crippen LogP contribution in [0.2, 0.25) is 0 Å². The number of amides is 1. The summed E-state index contributed by atoms with van der Waals surface area (Å²) in [5, 5.41) is 2.96. The molecule has 1 saturated carbocycles. The summed E-state index contributed by atoms with van der Waals surface area (Å²) in [5.74, 6) is -0.272. The topological polar surface area (TPSA) is 58.4 Å². The molecule has 1 rings (SSSR count). The van der Waals surface area contributed by atoms with Gasteiger partial charge in [0.2, 0.25) is 5.91 Å². The van der Waals surface area contributed by atoms with E-state index in [0.29, 0.717) is 18.6 Å². The van der Waals surface area contributed by atoms with Crippen LogP contribution in [0.25, 0.3) is 0 Å². The predicted molar refractivity (Wildman–Crippen MR) is 78.4 cm³/mol. The molecule has 0 aromatic heterocycles. The Morgan fingerprint density at radius 1 is 1.44 bits per heavy atom. The summed E-state index contributed by atoms with van der Waals surface area (Å²) in [6.45, 7) is 6.70. The van der Waals surface area contributed by atoms with Crippen LogP contribution in [0.5, 0.6) is 0 Å². The maximum absolute atomic E-state index is 12.0. The van der Waals surface area contributed by atoms with E-state index in [1.165, 1.54) is 12.8 Å². The quantitative estimate of drug-likeness (QED) is 0.682. The standard InChI is InChI=1S/C13H25N3OS/c1-8(2)11(12(14)18)13(17)15-7-9(3)16(4)10-5-6-10/h8-11H,5-7H2,1-4H3,(H2,14,18)(H,15,17). The van der Waals surface area contributed by atoms with Crippen LogP contribution in [0.3, 0.4) is 0 Å². The molecule has 1 aliphatic carbocycles. The van der Waals surface area contributed by atoms with Crippen molar-refractivity contribution < 1.29 is 4.79 Å². The molecule has 104 valence electrons. The largest absolute Gasteiger partial charge is 0.393 e. The van der Waals surface area contributed by atoms with Crippen molar-refractivity contribution in [3.63, 3.8) is 0 Å². The molecule has 0 aromatic carbocycles. The van der Waals surface area contributed by atoms with Gasteiger partial charge in [-0.2, -0.15) is 0 Å². The lowest BCUT2D eigenvalue weighted by molar-refractivity contribution is -0.124. The highest BCUT2D eigenvalue weighted by Crippen LogP contribution is 2.26. The average molecular weight is 271 g/mol. The van der Waals surface area contributed by atoms with Crippen LogP contribution < -0.4 is 11.1 Å². The van der Waals surface area contributed by atoms with Crippen LogP contribution in [-0.4, -0.2) is 41.5 Å². The number of likely N-dealkylation sites (N-methyl/N-ethyl adjacent to an activating group) is 1. The van der Waals surface area contributed by atoms with Crippen LogP contribution >= 0.6 is 12.2 Å². The van der Waals surface area contributed by atoms with E-state index in [9.17, 15) is 4.79 Å². The molecule has 0 heterocycles. The van der Waals surface area contributed by atoms with Crippen molar-refractivity contribution >= 4 is 23.1 Å². The van der Waals surface area contributed by atoms with Gasteiger partial charge in [0.25, 0.3) is 0 Å². The van der Waals surface area contributed by atoms with E-state index >= 15 is 0 Å². The zero-order chi connectivity index (χ0) is 13.9. The van der Waals surface area contributed by atoms with Crippen molar-refractivity contribution in [1.29, 1.82) is 0 Å². The fourth-order valence-corrected chi connectivity index (χ4v) is 2.48. The summed E-state index contributed by atoms with van der Waals surface area (Å²) in [6.07, 6.45) is 2.55. The Morgan fingerprint density at radius 3 is 2.39 bits per heavy atom. The number of rotatable bonds is 7. The van der Waals surface area contributed by atoms with Gasteiger partial charge in [-0.25, -0.2) is 0 Å². The molecule has 1 aliphatic rings. The number of carbonyl (C=O) groups is 1. The van der Waals surface area contributed by atoms with Gasteiger partial charge in [0, 0.05) is 18.6 Å². The molecular weight excluding hydrogens is 246 g/mol. The van der Waals surface area contributed by atoms with Crippen molar-refractivity contribution in [3.8, 4) is 0 Å². The number of hydrogen-bond donors (Lipinski definition) is 2. The first-order valence-electron chi connectivity index (χ1n) is 6.63. The Bertz CT molecular complexity index is 315. The normalized spacial score (nSPS) is 18.8. The maximum Gasteiger partial charge on any atom is 0.230 e. The Hall–Kier alpha value is -0.680. The number of hydrogen-bond acceptors (Lipinski definition) is 3. The molecule has 3 N–H and O–H groups in total. The van der Waals surface area contributed by atoms with Crippen molar-refractivity contribution in [2.45, 2.75) is 45.7 Å². The van der Waals surface area contributed by atoms with Crippen molar-refractivity contribution in [2.75, 3.05) is 13.6 Å². The number of nitrogens with zero attached hydrogens (tertiary/aromatic N) is 1. The summed E-state index contributed by atoms with van der Waals surface area (Å²) in [4.78, 5) is 14.6. The van der Waals surface area contributed by atoms with Gasteiger partial charge < -0.3 is 11.1 Å². The Labute approximate surface area is 115 Å². The first kappa shape index (κ1) is 15.4. The summed E-state index contributed by atoms with van der Waals surface area (Å²) < 4.78 is 0. The Morgan fingerprint density at radius 2 is 2.00 bits per heavy atom. The van der Waals surface area contributed by atoms with Crippen LogP contribution in [0.1, 0.15) is 33.6 Å². The molecule has 1 fully saturated rings. The minimum absolute atomic E-state index is 0.0476. The maximum atomic E-state index is 12.0. The lowest BCUT2D eigenvalue weighted by Crippen LogP contribution is -2.46. The minimum atomic E-state index is -0.363. The van der Waals surface area contributed by atoms with E-state index in [1.54, 1.807) is 0 Å². The van der Waals surface area contributed by atoms with E-state index in [0.717, 1.165) is 0 Å². The molecule has 0 saturated heterocycles. The second kappa shape index (κ2) is 6.48. The summed E-state index contributed by atoms with van der Waals surface area (Å²) in [6, 6.07) is 1.05. The van der Waals surface area contributed by atoms with E-state index in [-0.39, 0.29) is 22.7 Å². The van der Waals surface area contributed by atoms with Crippen LogP contribution in [0, 0.1) is 11.8 Å². The molecule has 0 spiro atoms. The summed E-state index contributed by atoms with van der Waals surface area (Å²) in [7, 11) is 2.11. The fourth-order valence-electron chi connectivity index (χ4n) is 2.10. The van der Waals surface area contributed by atoms with Crippen molar-refractivity contribution in [3.05, 3.63) is 0 Å². The molecule has 2 atom stereocenters. The zero-order valence-corrected chi connectivity index (χ0v) is 12.6. The predicted octanol–water partition coefficient (Wildman–Crippen LogP) is 1.14. The molecule has 0 radical (unpaired) electrons. The van der Waals surface area contributed by atoms with Crippen LogP contribution in [0.4, 0.5) is 0 Å². The van der Waals surface area contributed by atoms with Gasteiger partial charge in [-0.3, -0.25) is 9.69 Å². The molecular formula is C13H25N3OS. The average Bonchev–Trinajstić information content (AvgIpc) is 3.07. The zero-order valence-electron chi connectivity index (χ0n) is 11.8. The number of nitrogens with two attached hydrogens (primary N) is 1. The van der Waals surface area contributed by atoms with Crippen molar-refractivity contribution in [1.82, 2.24) is 10.2 Å². The first-order chi connectivity index (χ1) is 8.34. The lowest BCUT2D eigenvalue weighted by atomic mass is 9.95. The van der Waals surface area contributed by atoms with Crippen molar-refractivity contribution in [2.24, 2.45) is 17.6 Å². The third-order valence-electron chi connectivity index (χ3n) is 3.65. The van der Waals surface area contributed by atoms with Gasteiger partial charge in [-0.15, -0.1) is 0 Å². The second-order valence-electron chi connectivity index (χ2n) is 5.61. The molecule has 2 unspecified atom stereocenters. The summed E-state index contributed by atoms with van der Waals surface area (Å²) in [5.41, 5.74) is 5.62. The third-order valence-corrected chi connectivity index (χ3v) is 3.90. The molecule has 0 aromatic rings. The van der Waals surface area contributed by atoms with E-state index in [2.05, 4.69) is 24.2 Å². The molecule has 0 bridgehead atoms. The monoisotopic (exact) mass is 271 g/mol. The number of thiocarbonyl (C=S) groups is 1. The minimum Gasteiger partial charge on any atom is -0.393 e. The van der Waals surface area contributed by atoms with E-state index in [1.807, 2.05) is 13.8 Å². The fraction of sp³-hybridized carbons (Fsp3) is 0.846. The highest BCUT2D eigenvalue weighted by atomic mass is 32.1. The highest BCUT2D eigenvalue weighted by Gasteiger charge is 2.30. The molecule has 1 amide bonds. The Kier molecular flexibility index (Phi) is 5.53. The van der Waals surface area contributed by atoms with Crippen LogP contribution in [-0.2, 0) is 4.79 Å². The molecule has 18 heavy (non-hydrogen) atoms. The van der Waals surface area contributed by atoms with Gasteiger partial charge >= 0.3 is 0 Å². The summed E-state index contributed by atoms with van der Waals surface area (Å²) >= 11 is 4.96. The van der Waals surface area contributed by atoms with E-state index in [4.69, 9.17) is 18.0 Å².